The largest absolute Gasteiger partial charge is 2.00 e. The Hall–Kier alpha value is 2.38. The molecule has 0 aliphatic rings. The van der Waals surface area contributed by atoms with E-state index in [2.05, 4.69) is 0 Å². The third kappa shape index (κ3) is 60.1. The van der Waals surface area contributed by atoms with E-state index in [9.17, 15) is 0 Å². The molecule has 3 nitrogen and oxygen atoms in total. The van der Waals surface area contributed by atoms with Crippen LogP contribution in [0, 0.1) is 0 Å². The fraction of sp³-hybridized carbons (Fsp3) is 0. The van der Waals surface area contributed by atoms with E-state index in [4.69, 9.17) is 14.1 Å². The summed E-state index contributed by atoms with van der Waals surface area (Å²) in [6.07, 6.45) is 0. The van der Waals surface area contributed by atoms with Gasteiger partial charge < -0.3 is 13.9 Å². The molecule has 2 N–H and O–H groups in total. The molecular formula is H7MgNa2O3Si+3. The quantitative estimate of drug-likeness (QED) is 0.340. The summed E-state index contributed by atoms with van der Waals surface area (Å²) in [7, 11) is -3.13. The van der Waals surface area contributed by atoms with E-state index in [1.807, 2.05) is 0 Å². The van der Waals surface area contributed by atoms with Crippen molar-refractivity contribution >= 4 is 32.2 Å². The van der Waals surface area contributed by atoms with Gasteiger partial charge in [0.1, 0.15) is 0 Å². The standard InChI is InChI=1S/Mg.2Na.H2O3Si.3H/c;;;1-4(2)3;;;/h;;;1-2H;;;/q+2;2*+1;;3*-1/p+2. The first-order valence-corrected chi connectivity index (χ1v) is 1.95. The van der Waals surface area contributed by atoms with Gasteiger partial charge in [-0.2, -0.15) is 0 Å². The molecule has 0 aliphatic heterocycles. The van der Waals surface area contributed by atoms with E-state index in [0.29, 0.717) is 0 Å². The van der Waals surface area contributed by atoms with Crippen LogP contribution in [0.5, 0.6) is 0 Å². The summed E-state index contributed by atoms with van der Waals surface area (Å²) < 4.78 is 8.74. The van der Waals surface area contributed by atoms with E-state index < -0.39 is 9.17 Å². The van der Waals surface area contributed by atoms with Crippen LogP contribution in [0.1, 0.15) is 7.13 Å². The molecule has 0 atom stereocenters. The van der Waals surface area contributed by atoms with Gasteiger partial charge in [0.15, 0.2) is 0 Å². The zero-order valence-electron chi connectivity index (χ0n) is 9.51. The second-order valence-corrected chi connectivity index (χ2v) is 0.848. The van der Waals surface area contributed by atoms with Crippen LogP contribution in [0.3, 0.4) is 0 Å². The van der Waals surface area contributed by atoms with Crippen LogP contribution in [-0.2, 0) is 4.46 Å². The molecule has 30 valence electrons. The molecule has 7 heteroatoms. The Morgan fingerprint density at radius 1 is 1.43 bits per heavy atom. The van der Waals surface area contributed by atoms with Crippen LogP contribution in [-0.4, -0.2) is 41.8 Å². The van der Waals surface area contributed by atoms with Gasteiger partial charge in [-0.25, -0.2) is 0 Å². The minimum absolute atomic E-state index is 0. The monoisotopic (exact) mass is 153 g/mol. The van der Waals surface area contributed by atoms with Gasteiger partial charge in [0.2, 0.25) is 0 Å². The SMILES string of the molecule is O=[Si](O)O.[H+].[H+].[H-].[H-].[H-].[Mg+2].[Na+].[Na+]. The summed E-state index contributed by atoms with van der Waals surface area (Å²) in [5, 5.41) is 0. The van der Waals surface area contributed by atoms with E-state index in [0.717, 1.165) is 0 Å². The smallest absolute Gasteiger partial charge is 1.00 e. The predicted molar refractivity (Wildman–Crippen MR) is 22.2 cm³/mol. The molecule has 0 fully saturated rings. The first-order valence-electron chi connectivity index (χ1n) is 0.651. The summed E-state index contributed by atoms with van der Waals surface area (Å²) in [5.74, 6) is 0. The number of rotatable bonds is 0. The molecule has 0 unspecified atom stereocenters. The molecule has 0 heterocycles. The molecule has 0 amide bonds. The van der Waals surface area contributed by atoms with Crippen LogP contribution in [0.2, 0.25) is 0 Å². The van der Waals surface area contributed by atoms with Crippen LogP contribution >= 0.6 is 0 Å². The van der Waals surface area contributed by atoms with Crippen molar-refractivity contribution in [3.8, 4) is 0 Å². The van der Waals surface area contributed by atoms with Gasteiger partial charge in [0.05, 0.1) is 0 Å². The first kappa shape index (κ1) is 22.8. The molecule has 0 aromatic rings. The van der Waals surface area contributed by atoms with E-state index in [1.165, 1.54) is 0 Å². The Labute approximate surface area is 111 Å². The summed E-state index contributed by atoms with van der Waals surface area (Å²) in [4.78, 5) is 14.3. The molecule has 0 saturated heterocycles. The Kier molecular flexibility index (Phi) is 51.3. The van der Waals surface area contributed by atoms with Crippen molar-refractivity contribution in [3.05, 3.63) is 0 Å². The first-order chi connectivity index (χ1) is 1.73. The average Bonchev–Trinajstić information content (AvgIpc) is 0.811. The number of hydrogen-bond acceptors (Lipinski definition) is 1. The fourth-order valence-electron chi connectivity index (χ4n) is 0. The molecule has 0 spiro atoms. The molecule has 0 aromatic heterocycles. The second-order valence-electron chi connectivity index (χ2n) is 0.283. The minimum atomic E-state index is -3.13. The molecule has 0 radical (unpaired) electrons. The zero-order chi connectivity index (χ0) is 3.58. The van der Waals surface area contributed by atoms with Crippen LogP contribution in [0.4, 0.5) is 0 Å². The predicted octanol–water partition coefficient (Wildman–Crippen LogP) is -7.42. The molecule has 0 rings (SSSR count). The van der Waals surface area contributed by atoms with Gasteiger partial charge in [-0.05, 0) is 0 Å². The van der Waals surface area contributed by atoms with Crippen molar-refractivity contribution in [2.75, 3.05) is 0 Å². The Morgan fingerprint density at radius 2 is 1.43 bits per heavy atom. The Balaban J connectivity index is -0.00000000161. The average molecular weight is 153 g/mol. The van der Waals surface area contributed by atoms with Gasteiger partial charge >= 0.3 is 94.2 Å². The normalized spacial score (nSPS) is 3.43. The van der Waals surface area contributed by atoms with Crippen molar-refractivity contribution in [2.45, 2.75) is 0 Å². The van der Waals surface area contributed by atoms with E-state index in [1.54, 1.807) is 0 Å². The minimum Gasteiger partial charge on any atom is -1.00 e. The van der Waals surface area contributed by atoms with Gasteiger partial charge in [-0.15, -0.1) is 0 Å². The van der Waals surface area contributed by atoms with Gasteiger partial charge in [-0.3, -0.25) is 4.46 Å². The summed E-state index contributed by atoms with van der Waals surface area (Å²) >= 11 is 0. The van der Waals surface area contributed by atoms with Crippen molar-refractivity contribution < 1.29 is 80.3 Å². The third-order valence-corrected chi connectivity index (χ3v) is 0. The molecule has 0 aromatic carbocycles. The fourth-order valence-corrected chi connectivity index (χ4v) is 0. The molecule has 0 saturated carbocycles. The summed E-state index contributed by atoms with van der Waals surface area (Å²) in [5.41, 5.74) is 0. The van der Waals surface area contributed by atoms with Crippen LogP contribution in [0.25, 0.3) is 0 Å². The topological polar surface area (TPSA) is 57.5 Å². The van der Waals surface area contributed by atoms with E-state index >= 15 is 0 Å². The summed E-state index contributed by atoms with van der Waals surface area (Å²) in [6.45, 7) is 0. The van der Waals surface area contributed by atoms with Crippen molar-refractivity contribution in [1.29, 1.82) is 0 Å². The number of hydrogen-bond donors (Lipinski definition) is 2. The zero-order valence-corrected chi connectivity index (χ0v) is 10.9. The molecule has 0 aliphatic carbocycles. The van der Waals surface area contributed by atoms with Gasteiger partial charge in [0.25, 0.3) is 0 Å². The van der Waals surface area contributed by atoms with Crippen LogP contribution < -0.4 is 59.1 Å². The summed E-state index contributed by atoms with van der Waals surface area (Å²) in [6, 6.07) is 0. The third-order valence-electron chi connectivity index (χ3n) is 0. The maximum absolute atomic E-state index is 8.74. The maximum Gasteiger partial charge on any atom is 2.00 e. The molecular weight excluding hydrogens is 146 g/mol. The van der Waals surface area contributed by atoms with Crippen molar-refractivity contribution in [1.82, 2.24) is 0 Å². The Morgan fingerprint density at radius 3 is 1.43 bits per heavy atom. The van der Waals surface area contributed by atoms with Gasteiger partial charge in [0, 0.05) is 0 Å². The van der Waals surface area contributed by atoms with Gasteiger partial charge in [-0.1, -0.05) is 0 Å². The van der Waals surface area contributed by atoms with E-state index in [-0.39, 0.29) is 89.3 Å². The molecule has 7 heavy (non-hydrogen) atoms. The second kappa shape index (κ2) is 15.8. The molecule has 0 bridgehead atoms. The maximum atomic E-state index is 8.74. The van der Waals surface area contributed by atoms with Crippen molar-refractivity contribution in [2.24, 2.45) is 0 Å². The Bertz CT molecular complexity index is 47.7. The van der Waals surface area contributed by atoms with Crippen LogP contribution in [0.15, 0.2) is 0 Å². The van der Waals surface area contributed by atoms with Crippen molar-refractivity contribution in [3.63, 3.8) is 0 Å².